The number of allylic oxidation sites excluding steroid dienone is 2. The highest BCUT2D eigenvalue weighted by Gasteiger charge is 2.60. The highest BCUT2D eigenvalue weighted by atomic mass is 19.4. The predicted molar refractivity (Wildman–Crippen MR) is 146 cm³/mol. The first kappa shape index (κ1) is 27.9. The Morgan fingerprint density at radius 2 is 1.93 bits per heavy atom. The number of nitrogens with zero attached hydrogens (tertiary/aromatic N) is 2. The highest BCUT2D eigenvalue weighted by molar-refractivity contribution is 5.93. The van der Waals surface area contributed by atoms with Gasteiger partial charge in [-0.25, -0.2) is 0 Å². The van der Waals surface area contributed by atoms with Crippen molar-refractivity contribution in [3.63, 3.8) is 0 Å². The van der Waals surface area contributed by atoms with Gasteiger partial charge in [-0.15, -0.1) is 0 Å². The van der Waals surface area contributed by atoms with Gasteiger partial charge in [0.05, 0.1) is 19.1 Å². The zero-order valence-electron chi connectivity index (χ0n) is 22.1. The summed E-state index contributed by atoms with van der Waals surface area (Å²) in [5.74, 6) is -1.06. The van der Waals surface area contributed by atoms with Crippen molar-refractivity contribution in [1.29, 1.82) is 0 Å². The van der Waals surface area contributed by atoms with E-state index in [0.717, 1.165) is 34.2 Å². The molecule has 0 saturated carbocycles. The first-order valence-electron chi connectivity index (χ1n) is 13.2. The van der Waals surface area contributed by atoms with Crippen molar-refractivity contribution < 1.29 is 32.5 Å². The van der Waals surface area contributed by atoms with Crippen LogP contribution in [0.2, 0.25) is 0 Å². The lowest BCUT2D eigenvalue weighted by Gasteiger charge is -2.39. The molecule has 2 aromatic rings. The summed E-state index contributed by atoms with van der Waals surface area (Å²) >= 11 is 0. The molecule has 0 fully saturated rings. The van der Waals surface area contributed by atoms with Crippen molar-refractivity contribution in [3.05, 3.63) is 102 Å². The van der Waals surface area contributed by atoms with Crippen LogP contribution in [0.3, 0.4) is 0 Å². The van der Waals surface area contributed by atoms with Gasteiger partial charge in [0, 0.05) is 29.7 Å². The molecule has 6 nitrogen and oxygen atoms in total. The molecule has 0 spiro atoms. The molecule has 1 N–H and O–H groups in total. The van der Waals surface area contributed by atoms with Crippen molar-refractivity contribution in [1.82, 2.24) is 0 Å². The number of anilines is 1. The Labute approximate surface area is 231 Å². The topological polar surface area (TPSA) is 71.4 Å². The molecular formula is C31H31F3N2O4. The van der Waals surface area contributed by atoms with Crippen molar-refractivity contribution in [2.45, 2.75) is 44.6 Å². The van der Waals surface area contributed by atoms with E-state index in [-0.39, 0.29) is 5.92 Å². The van der Waals surface area contributed by atoms with Crippen LogP contribution in [0.15, 0.2) is 90.2 Å². The fraction of sp³-hybridized carbons (Fsp3) is 0.355. The van der Waals surface area contributed by atoms with Gasteiger partial charge >= 0.3 is 12.1 Å². The van der Waals surface area contributed by atoms with Crippen LogP contribution >= 0.6 is 0 Å². The number of carbonyl (C=O) groups is 1. The summed E-state index contributed by atoms with van der Waals surface area (Å²) < 4.78 is 53.9. The minimum Gasteiger partial charge on any atom is -0.457 e. The molecule has 4 atom stereocenters. The van der Waals surface area contributed by atoms with Gasteiger partial charge in [-0.1, -0.05) is 66.8 Å². The zero-order valence-corrected chi connectivity index (χ0v) is 22.1. The van der Waals surface area contributed by atoms with Crippen LogP contribution in [-0.2, 0) is 20.7 Å². The summed E-state index contributed by atoms with van der Waals surface area (Å²) in [6.07, 6.45) is 1.43. The summed E-state index contributed by atoms with van der Waals surface area (Å²) in [7, 11) is 0. The Kier molecular flexibility index (Phi) is 7.96. The van der Waals surface area contributed by atoms with E-state index in [4.69, 9.17) is 9.47 Å². The number of esters is 1. The normalized spacial score (nSPS) is 25.9. The molecule has 0 bridgehead atoms. The number of benzene rings is 2. The number of aryl methyl sites for hydroxylation is 1. The quantitative estimate of drug-likeness (QED) is 0.338. The third kappa shape index (κ3) is 5.48. The number of fused-ring (bicyclic) bond motifs is 1. The van der Waals surface area contributed by atoms with Crippen molar-refractivity contribution >= 4 is 17.4 Å². The number of aliphatic hydroxyl groups is 1. The second-order valence-corrected chi connectivity index (χ2v) is 10.3. The van der Waals surface area contributed by atoms with Gasteiger partial charge in [-0.2, -0.15) is 13.2 Å². The maximum atomic E-state index is 14.4. The Morgan fingerprint density at radius 1 is 1.15 bits per heavy atom. The second kappa shape index (κ2) is 11.4. The van der Waals surface area contributed by atoms with Crippen LogP contribution < -0.4 is 4.90 Å². The monoisotopic (exact) mass is 552 g/mol. The third-order valence-electron chi connectivity index (χ3n) is 7.87. The van der Waals surface area contributed by atoms with Gasteiger partial charge in [0.15, 0.2) is 0 Å². The third-order valence-corrected chi connectivity index (χ3v) is 7.87. The number of aliphatic hydroxyl groups excluding tert-OH is 1. The Balaban J connectivity index is 1.37. The number of hydrogen-bond donors (Lipinski definition) is 1. The number of halogens is 3. The van der Waals surface area contributed by atoms with Crippen LogP contribution in [-0.4, -0.2) is 42.4 Å². The van der Waals surface area contributed by atoms with Crippen molar-refractivity contribution in [3.8, 4) is 0 Å². The summed E-state index contributed by atoms with van der Waals surface area (Å²) in [6, 6.07) is 15.6. The van der Waals surface area contributed by atoms with E-state index in [1.54, 1.807) is 6.20 Å². The molecule has 1 aliphatic heterocycles. The molecular weight excluding hydrogens is 521 g/mol. The first-order chi connectivity index (χ1) is 19.2. The van der Waals surface area contributed by atoms with E-state index in [9.17, 15) is 23.1 Å². The Hall–Kier alpha value is -3.69. The largest absolute Gasteiger partial charge is 0.457 e. The number of para-hydroxylation sites is 1. The molecule has 1 heterocycles. The molecule has 4 unspecified atom stereocenters. The lowest BCUT2D eigenvalue weighted by molar-refractivity contribution is -0.247. The van der Waals surface area contributed by atoms with Crippen molar-refractivity contribution in [2.75, 3.05) is 18.2 Å². The van der Waals surface area contributed by atoms with E-state index in [2.05, 4.69) is 9.89 Å². The minimum atomic E-state index is -4.82. The summed E-state index contributed by atoms with van der Waals surface area (Å²) in [6.45, 7) is 1.69. The molecule has 40 heavy (non-hydrogen) atoms. The fourth-order valence-corrected chi connectivity index (χ4v) is 5.80. The van der Waals surface area contributed by atoms with E-state index in [0.29, 0.717) is 19.4 Å². The van der Waals surface area contributed by atoms with Gasteiger partial charge in [0.25, 0.3) is 0 Å². The molecule has 3 aliphatic rings. The number of ether oxygens (including phenoxy) is 2. The highest BCUT2D eigenvalue weighted by Crippen LogP contribution is 2.49. The lowest BCUT2D eigenvalue weighted by Crippen LogP contribution is -2.49. The second-order valence-electron chi connectivity index (χ2n) is 10.3. The van der Waals surface area contributed by atoms with Gasteiger partial charge in [-0.05, 0) is 42.5 Å². The van der Waals surface area contributed by atoms with Gasteiger partial charge in [-0.3, -0.25) is 9.79 Å². The molecule has 2 aromatic carbocycles. The number of carbonyl (C=O) groups excluding carboxylic acids is 1. The minimum absolute atomic E-state index is 0.0660. The molecule has 2 aliphatic carbocycles. The summed E-state index contributed by atoms with van der Waals surface area (Å²) in [5, 5.41) is 9.20. The average molecular weight is 553 g/mol. The van der Waals surface area contributed by atoms with Crippen LogP contribution in [0.25, 0.3) is 0 Å². The van der Waals surface area contributed by atoms with E-state index in [1.165, 1.54) is 18.2 Å². The summed E-state index contributed by atoms with van der Waals surface area (Å²) in [4.78, 5) is 20.0. The smallest absolute Gasteiger partial charge is 0.401 e. The zero-order chi connectivity index (χ0) is 28.3. The molecule has 0 aromatic heterocycles. The van der Waals surface area contributed by atoms with Crippen LogP contribution in [0.1, 0.15) is 35.6 Å². The molecule has 210 valence electrons. The fourth-order valence-electron chi connectivity index (χ4n) is 5.80. The SMILES string of the molecule is Cc1ccccc1N1C=CN=C(C2Cc3ccccc3C(OC(=O)CC3(C(F)(F)F)C=CC=CC3OCO)C2)C1. The molecule has 9 heteroatoms. The maximum Gasteiger partial charge on any atom is 0.401 e. The van der Waals surface area contributed by atoms with E-state index < -0.39 is 43.0 Å². The first-order valence-corrected chi connectivity index (χ1v) is 13.2. The summed E-state index contributed by atoms with van der Waals surface area (Å²) in [5.41, 5.74) is 2.23. The average Bonchev–Trinajstić information content (AvgIpc) is 2.94. The molecule has 0 saturated heterocycles. The molecule has 5 rings (SSSR count). The van der Waals surface area contributed by atoms with Gasteiger partial charge in [0.1, 0.15) is 18.3 Å². The van der Waals surface area contributed by atoms with Crippen molar-refractivity contribution in [2.24, 2.45) is 16.3 Å². The predicted octanol–water partition coefficient (Wildman–Crippen LogP) is 5.97. The number of alkyl halides is 3. The van der Waals surface area contributed by atoms with Crippen LogP contribution in [0.5, 0.6) is 0 Å². The Bertz CT molecular complexity index is 1370. The number of aliphatic imine (C=N–C) groups is 1. The Morgan fingerprint density at radius 3 is 2.70 bits per heavy atom. The number of rotatable bonds is 7. The standard InChI is InChI=1S/C31H31F3N2O4/c1-21-8-2-5-11-26(21)36-15-14-35-25(19-36)23-16-22-9-3-4-10-24(22)27(17-23)40-29(38)18-30(31(32,33)34)13-7-6-12-28(30)39-20-37/h2-15,23,27-28,37H,16-20H2,1H3. The van der Waals surface area contributed by atoms with E-state index in [1.807, 2.05) is 61.7 Å². The van der Waals surface area contributed by atoms with Gasteiger partial charge < -0.3 is 19.5 Å². The van der Waals surface area contributed by atoms with E-state index >= 15 is 0 Å². The molecule has 0 radical (unpaired) electrons. The number of hydrogen-bond acceptors (Lipinski definition) is 6. The van der Waals surface area contributed by atoms with Crippen LogP contribution in [0.4, 0.5) is 18.9 Å². The maximum absolute atomic E-state index is 14.4. The van der Waals surface area contributed by atoms with Crippen LogP contribution in [0, 0.1) is 18.3 Å². The molecule has 0 amide bonds. The van der Waals surface area contributed by atoms with Gasteiger partial charge in [0.2, 0.25) is 0 Å². The lowest BCUT2D eigenvalue weighted by atomic mass is 9.75.